The first-order valence-corrected chi connectivity index (χ1v) is 6.57. The second-order valence-electron chi connectivity index (χ2n) is 5.26. The molecule has 1 aromatic heterocycles. The fraction of sp³-hybridized carbons (Fsp3) is 0.429. The largest absolute Gasteiger partial charge is 0.388 e. The topological polar surface area (TPSA) is 50.9 Å². The number of nitrogens with zero attached hydrogens (tertiary/aromatic N) is 3. The number of hydrogen-bond acceptors (Lipinski definition) is 3. The van der Waals surface area contributed by atoms with Crippen molar-refractivity contribution in [2.45, 2.75) is 32.9 Å². The van der Waals surface area contributed by atoms with Crippen LogP contribution in [0.2, 0.25) is 0 Å². The van der Waals surface area contributed by atoms with E-state index in [9.17, 15) is 18.3 Å². The maximum atomic E-state index is 13.6. The molecule has 1 atom stereocenters. The first-order valence-electron chi connectivity index (χ1n) is 6.57. The van der Waals surface area contributed by atoms with Crippen LogP contribution in [0.5, 0.6) is 0 Å². The molecule has 0 amide bonds. The highest BCUT2D eigenvalue weighted by Crippen LogP contribution is 2.24. The summed E-state index contributed by atoms with van der Waals surface area (Å²) in [4.78, 5) is 3.98. The van der Waals surface area contributed by atoms with Crippen LogP contribution in [0.25, 0.3) is 0 Å². The summed E-state index contributed by atoms with van der Waals surface area (Å²) in [6, 6.07) is 1.08. The highest BCUT2D eigenvalue weighted by atomic mass is 19.1. The van der Waals surface area contributed by atoms with Gasteiger partial charge in [0, 0.05) is 25.1 Å². The zero-order chi connectivity index (χ0) is 15.6. The monoisotopic (exact) mass is 299 g/mol. The van der Waals surface area contributed by atoms with Crippen molar-refractivity contribution in [3.8, 4) is 0 Å². The molecule has 2 aromatic rings. The fourth-order valence-corrected chi connectivity index (χ4v) is 2.09. The Bertz CT molecular complexity index is 605. The van der Waals surface area contributed by atoms with Crippen molar-refractivity contribution in [1.29, 1.82) is 0 Å². The quantitative estimate of drug-likeness (QED) is 0.923. The number of rotatable bonds is 5. The summed E-state index contributed by atoms with van der Waals surface area (Å²) >= 11 is 0. The zero-order valence-corrected chi connectivity index (χ0v) is 11.7. The number of halogens is 3. The van der Waals surface area contributed by atoms with Crippen LogP contribution in [0.3, 0.4) is 0 Å². The Morgan fingerprint density at radius 3 is 2.38 bits per heavy atom. The molecule has 2 rings (SSSR count). The SMILES string of the molecule is CC(C)Cn1ncnc1CC(O)c1c(F)cc(F)cc1F. The summed E-state index contributed by atoms with van der Waals surface area (Å²) < 4.78 is 41.7. The van der Waals surface area contributed by atoms with Crippen molar-refractivity contribution < 1.29 is 18.3 Å². The van der Waals surface area contributed by atoms with Gasteiger partial charge in [0.1, 0.15) is 29.6 Å². The molecular formula is C14H16F3N3O. The number of aliphatic hydroxyl groups is 1. The van der Waals surface area contributed by atoms with Crippen molar-refractivity contribution in [3.05, 3.63) is 47.3 Å². The minimum absolute atomic E-state index is 0.105. The van der Waals surface area contributed by atoms with Gasteiger partial charge in [-0.25, -0.2) is 22.8 Å². The van der Waals surface area contributed by atoms with Gasteiger partial charge in [-0.15, -0.1) is 0 Å². The maximum absolute atomic E-state index is 13.6. The molecule has 1 unspecified atom stereocenters. The third kappa shape index (κ3) is 3.60. The third-order valence-electron chi connectivity index (χ3n) is 2.99. The third-order valence-corrected chi connectivity index (χ3v) is 2.99. The Kier molecular flexibility index (Phi) is 4.62. The van der Waals surface area contributed by atoms with Crippen molar-refractivity contribution in [3.63, 3.8) is 0 Å². The predicted molar refractivity (Wildman–Crippen MR) is 69.8 cm³/mol. The Morgan fingerprint density at radius 1 is 1.19 bits per heavy atom. The van der Waals surface area contributed by atoms with Crippen molar-refractivity contribution in [2.75, 3.05) is 0 Å². The molecule has 0 bridgehead atoms. The van der Waals surface area contributed by atoms with Crippen molar-refractivity contribution in [1.82, 2.24) is 14.8 Å². The summed E-state index contributed by atoms with van der Waals surface area (Å²) in [7, 11) is 0. The lowest BCUT2D eigenvalue weighted by Crippen LogP contribution is -2.15. The van der Waals surface area contributed by atoms with Gasteiger partial charge in [-0.3, -0.25) is 0 Å². The number of aliphatic hydroxyl groups excluding tert-OH is 1. The van der Waals surface area contributed by atoms with Gasteiger partial charge < -0.3 is 5.11 Å². The molecule has 0 spiro atoms. The predicted octanol–water partition coefficient (Wildman–Crippen LogP) is 2.63. The van der Waals surface area contributed by atoms with E-state index in [0.29, 0.717) is 30.4 Å². The highest BCUT2D eigenvalue weighted by Gasteiger charge is 2.22. The number of aromatic nitrogens is 3. The Hall–Kier alpha value is -1.89. The molecule has 21 heavy (non-hydrogen) atoms. The molecule has 0 aliphatic rings. The van der Waals surface area contributed by atoms with Gasteiger partial charge in [-0.1, -0.05) is 13.8 Å². The molecule has 0 saturated heterocycles. The van der Waals surface area contributed by atoms with Crippen LogP contribution in [-0.2, 0) is 13.0 Å². The Balaban J connectivity index is 2.23. The molecule has 0 radical (unpaired) electrons. The van der Waals surface area contributed by atoms with Gasteiger partial charge >= 0.3 is 0 Å². The van der Waals surface area contributed by atoms with Gasteiger partial charge in [0.25, 0.3) is 0 Å². The lowest BCUT2D eigenvalue weighted by molar-refractivity contribution is 0.163. The van der Waals surface area contributed by atoms with E-state index in [-0.39, 0.29) is 6.42 Å². The molecule has 7 heteroatoms. The first kappa shape index (κ1) is 15.5. The smallest absolute Gasteiger partial charge is 0.138 e. The highest BCUT2D eigenvalue weighted by molar-refractivity contribution is 5.23. The summed E-state index contributed by atoms with van der Waals surface area (Å²) in [5, 5.41) is 14.0. The van der Waals surface area contributed by atoms with E-state index < -0.39 is 29.1 Å². The average Bonchev–Trinajstić information content (AvgIpc) is 2.74. The molecule has 4 nitrogen and oxygen atoms in total. The van der Waals surface area contributed by atoms with E-state index in [4.69, 9.17) is 0 Å². The Morgan fingerprint density at radius 2 is 1.81 bits per heavy atom. The fourth-order valence-electron chi connectivity index (χ4n) is 2.09. The normalized spacial score (nSPS) is 12.9. The van der Waals surface area contributed by atoms with E-state index in [1.165, 1.54) is 6.33 Å². The second-order valence-corrected chi connectivity index (χ2v) is 5.26. The molecule has 0 aliphatic heterocycles. The van der Waals surface area contributed by atoms with Crippen LogP contribution in [0, 0.1) is 23.4 Å². The van der Waals surface area contributed by atoms with Crippen LogP contribution < -0.4 is 0 Å². The molecule has 1 N–H and O–H groups in total. The lowest BCUT2D eigenvalue weighted by atomic mass is 10.0. The molecule has 0 fully saturated rings. The van der Waals surface area contributed by atoms with Gasteiger partial charge in [0.15, 0.2) is 0 Å². The van der Waals surface area contributed by atoms with E-state index in [0.717, 1.165) is 0 Å². The van der Waals surface area contributed by atoms with Gasteiger partial charge in [0.2, 0.25) is 0 Å². The van der Waals surface area contributed by atoms with Crippen LogP contribution in [0.1, 0.15) is 31.3 Å². The average molecular weight is 299 g/mol. The van der Waals surface area contributed by atoms with Gasteiger partial charge in [-0.2, -0.15) is 5.10 Å². The minimum atomic E-state index is -1.46. The minimum Gasteiger partial charge on any atom is -0.388 e. The number of hydrogen-bond donors (Lipinski definition) is 1. The van der Waals surface area contributed by atoms with Crippen LogP contribution in [0.4, 0.5) is 13.2 Å². The Labute approximate surface area is 120 Å². The lowest BCUT2D eigenvalue weighted by Gasteiger charge is -2.14. The molecule has 0 aliphatic carbocycles. The first-order chi connectivity index (χ1) is 9.88. The second kappa shape index (κ2) is 6.26. The molecule has 0 saturated carbocycles. The zero-order valence-electron chi connectivity index (χ0n) is 11.7. The molecule has 1 heterocycles. The van der Waals surface area contributed by atoms with E-state index in [1.807, 2.05) is 13.8 Å². The molecule has 1 aromatic carbocycles. The summed E-state index contributed by atoms with van der Waals surface area (Å²) in [6.07, 6.45) is -0.241. The standard InChI is InChI=1S/C14H16F3N3O/c1-8(2)6-20-13(18-7-19-20)5-12(21)14-10(16)3-9(15)4-11(14)17/h3-4,7-8,12,21H,5-6H2,1-2H3. The molecular weight excluding hydrogens is 283 g/mol. The van der Waals surface area contributed by atoms with Crippen molar-refractivity contribution >= 4 is 0 Å². The maximum Gasteiger partial charge on any atom is 0.138 e. The van der Waals surface area contributed by atoms with Gasteiger partial charge in [-0.05, 0) is 5.92 Å². The summed E-state index contributed by atoms with van der Waals surface area (Å²) in [6.45, 7) is 4.55. The van der Waals surface area contributed by atoms with Crippen molar-refractivity contribution in [2.24, 2.45) is 5.92 Å². The van der Waals surface area contributed by atoms with Crippen LogP contribution in [0.15, 0.2) is 18.5 Å². The number of benzene rings is 1. The van der Waals surface area contributed by atoms with E-state index >= 15 is 0 Å². The molecule has 114 valence electrons. The van der Waals surface area contributed by atoms with E-state index in [2.05, 4.69) is 10.1 Å². The summed E-state index contributed by atoms with van der Waals surface area (Å²) in [5.74, 6) is -2.53. The van der Waals surface area contributed by atoms with E-state index in [1.54, 1.807) is 4.68 Å². The van der Waals surface area contributed by atoms with Crippen LogP contribution >= 0.6 is 0 Å². The van der Waals surface area contributed by atoms with Gasteiger partial charge in [0.05, 0.1) is 11.7 Å². The summed E-state index contributed by atoms with van der Waals surface area (Å²) in [5.41, 5.74) is -0.560. The van der Waals surface area contributed by atoms with Crippen LogP contribution in [-0.4, -0.2) is 19.9 Å².